The molecule has 3 aromatic rings. The number of aromatic nitrogens is 1. The van der Waals surface area contributed by atoms with Crippen molar-refractivity contribution in [2.24, 2.45) is 5.92 Å². The topological polar surface area (TPSA) is 101 Å². The molecule has 1 atom stereocenters. The molecule has 2 saturated heterocycles. The first-order valence-electron chi connectivity index (χ1n) is 13.2. The molecule has 2 aliphatic heterocycles. The second-order valence-corrected chi connectivity index (χ2v) is 12.8. The van der Waals surface area contributed by atoms with Gasteiger partial charge >= 0.3 is 0 Å². The van der Waals surface area contributed by atoms with Crippen LogP contribution in [0.4, 0.5) is 0 Å². The van der Waals surface area contributed by atoms with Crippen molar-refractivity contribution in [3.63, 3.8) is 0 Å². The van der Waals surface area contributed by atoms with Crippen molar-refractivity contribution in [1.29, 1.82) is 0 Å². The highest BCUT2D eigenvalue weighted by molar-refractivity contribution is 7.89. The quantitative estimate of drug-likeness (QED) is 0.360. The van der Waals surface area contributed by atoms with Gasteiger partial charge in [-0.25, -0.2) is 13.4 Å². The summed E-state index contributed by atoms with van der Waals surface area (Å²) in [7, 11) is -4.07. The predicted molar refractivity (Wildman–Crippen MR) is 160 cm³/mol. The number of rotatable bonds is 8. The van der Waals surface area contributed by atoms with Crippen LogP contribution < -0.4 is 15.4 Å². The Hall–Kier alpha value is -2.14. The molecule has 0 spiro atoms. The van der Waals surface area contributed by atoms with Gasteiger partial charge in [0, 0.05) is 34.8 Å². The molecule has 1 aromatic heterocycles. The van der Waals surface area contributed by atoms with Gasteiger partial charge in [0.15, 0.2) is 0 Å². The minimum atomic E-state index is -4.07. The first-order valence-corrected chi connectivity index (χ1v) is 15.4. The minimum Gasteiger partial charge on any atom is -0.487 e. The SMILES string of the molecule is Cc1ccc2cccc(OCc3c(Cl)ccc(S(=O)(=O)N4CCC[C@H]4C(=O)NCC4CCNCC4)c3Cl)c2n1.Cl. The Balaban J connectivity index is 0.00000370. The molecule has 0 aliphatic carbocycles. The molecule has 3 heterocycles. The van der Waals surface area contributed by atoms with E-state index in [2.05, 4.69) is 15.6 Å². The number of ether oxygens (including phenoxy) is 1. The van der Waals surface area contributed by atoms with Gasteiger partial charge in [-0.05, 0) is 75.9 Å². The second-order valence-electron chi connectivity index (χ2n) is 10.1. The summed E-state index contributed by atoms with van der Waals surface area (Å²) < 4.78 is 34.9. The van der Waals surface area contributed by atoms with Gasteiger partial charge in [0.2, 0.25) is 15.9 Å². The smallest absolute Gasteiger partial charge is 0.245 e. The lowest BCUT2D eigenvalue weighted by molar-refractivity contribution is -0.124. The summed E-state index contributed by atoms with van der Waals surface area (Å²) in [4.78, 5) is 17.6. The highest BCUT2D eigenvalue weighted by Crippen LogP contribution is 2.36. The fourth-order valence-electron chi connectivity index (χ4n) is 5.26. The van der Waals surface area contributed by atoms with Gasteiger partial charge in [0.25, 0.3) is 0 Å². The van der Waals surface area contributed by atoms with Crippen LogP contribution in [-0.2, 0) is 21.4 Å². The van der Waals surface area contributed by atoms with Crippen LogP contribution in [0.1, 0.15) is 36.9 Å². The molecular weight excluding hydrogens is 595 g/mol. The zero-order valence-electron chi connectivity index (χ0n) is 22.2. The van der Waals surface area contributed by atoms with E-state index in [-0.39, 0.29) is 41.4 Å². The standard InChI is InChI=1S/C28H32Cl2N4O4S.ClH/c1-18-7-8-20-4-2-6-24(27(20)33-18)38-17-21-22(29)9-10-25(26(21)30)39(36,37)34-15-3-5-23(34)28(35)32-16-19-11-13-31-14-12-19;/h2,4,6-10,19,23,31H,3,5,11-17H2,1H3,(H,32,35);1H/t23-;/m0./s1. The number of benzene rings is 2. The van der Waals surface area contributed by atoms with E-state index in [0.717, 1.165) is 37.0 Å². The largest absolute Gasteiger partial charge is 0.487 e. The highest BCUT2D eigenvalue weighted by Gasteiger charge is 2.40. The molecule has 1 amide bonds. The zero-order valence-corrected chi connectivity index (χ0v) is 25.3. The summed E-state index contributed by atoms with van der Waals surface area (Å²) in [5.74, 6) is 0.680. The Kier molecular flexibility index (Phi) is 10.2. The number of fused-ring (bicyclic) bond motifs is 1. The van der Waals surface area contributed by atoms with E-state index in [1.165, 1.54) is 16.4 Å². The molecule has 0 unspecified atom stereocenters. The molecule has 12 heteroatoms. The lowest BCUT2D eigenvalue weighted by Crippen LogP contribution is -2.47. The lowest BCUT2D eigenvalue weighted by atomic mass is 9.98. The van der Waals surface area contributed by atoms with Crippen LogP contribution in [0, 0.1) is 12.8 Å². The van der Waals surface area contributed by atoms with Crippen molar-refractivity contribution in [3.05, 3.63) is 63.8 Å². The minimum absolute atomic E-state index is 0. The fraction of sp³-hybridized carbons (Fsp3) is 0.429. The van der Waals surface area contributed by atoms with E-state index in [1.807, 2.05) is 31.2 Å². The van der Waals surface area contributed by atoms with Crippen LogP contribution in [0.3, 0.4) is 0 Å². The van der Waals surface area contributed by atoms with Gasteiger partial charge in [0.05, 0.1) is 5.02 Å². The van der Waals surface area contributed by atoms with Crippen LogP contribution in [0.2, 0.25) is 10.0 Å². The van der Waals surface area contributed by atoms with E-state index in [0.29, 0.717) is 47.2 Å². The maximum atomic E-state index is 13.8. The molecule has 0 radical (unpaired) electrons. The average Bonchev–Trinajstić information content (AvgIpc) is 3.43. The number of aryl methyl sites for hydroxylation is 1. The van der Waals surface area contributed by atoms with Crippen molar-refractivity contribution in [1.82, 2.24) is 19.9 Å². The fourth-order valence-corrected chi connectivity index (χ4v) is 7.78. The second kappa shape index (κ2) is 13.2. The van der Waals surface area contributed by atoms with Crippen molar-refractivity contribution in [2.45, 2.75) is 50.2 Å². The Morgan fingerprint density at radius 3 is 2.67 bits per heavy atom. The summed E-state index contributed by atoms with van der Waals surface area (Å²) in [6, 6.07) is 11.6. The van der Waals surface area contributed by atoms with E-state index in [9.17, 15) is 13.2 Å². The number of hydrogen-bond acceptors (Lipinski definition) is 6. The summed E-state index contributed by atoms with van der Waals surface area (Å²) >= 11 is 13.1. The maximum Gasteiger partial charge on any atom is 0.245 e. The van der Waals surface area contributed by atoms with Gasteiger partial charge in [-0.3, -0.25) is 4.79 Å². The molecule has 8 nitrogen and oxygen atoms in total. The number of halogens is 3. The molecular formula is C28H33Cl3N4O4S. The average molecular weight is 628 g/mol. The van der Waals surface area contributed by atoms with Crippen LogP contribution in [0.5, 0.6) is 5.75 Å². The molecule has 0 saturated carbocycles. The van der Waals surface area contributed by atoms with Crippen LogP contribution in [-0.4, -0.2) is 55.8 Å². The van der Waals surface area contributed by atoms with Gasteiger partial charge in [-0.15, -0.1) is 12.4 Å². The number of carbonyl (C=O) groups excluding carboxylic acids is 1. The molecule has 40 heavy (non-hydrogen) atoms. The van der Waals surface area contributed by atoms with E-state index < -0.39 is 16.1 Å². The highest BCUT2D eigenvalue weighted by atomic mass is 35.5. The summed E-state index contributed by atoms with van der Waals surface area (Å²) in [5, 5.41) is 7.50. The van der Waals surface area contributed by atoms with Crippen molar-refractivity contribution in [2.75, 3.05) is 26.2 Å². The third-order valence-electron chi connectivity index (χ3n) is 7.46. The molecule has 216 valence electrons. The third-order valence-corrected chi connectivity index (χ3v) is 10.3. The molecule has 2 aromatic carbocycles. The van der Waals surface area contributed by atoms with Gasteiger partial charge in [0.1, 0.15) is 28.8 Å². The van der Waals surface area contributed by atoms with Gasteiger partial charge in [-0.2, -0.15) is 4.31 Å². The van der Waals surface area contributed by atoms with Crippen LogP contribution >= 0.6 is 35.6 Å². The van der Waals surface area contributed by atoms with Crippen molar-refractivity contribution >= 4 is 62.4 Å². The number of nitrogens with zero attached hydrogens (tertiary/aromatic N) is 2. The number of hydrogen-bond donors (Lipinski definition) is 2. The Morgan fingerprint density at radius 2 is 1.90 bits per heavy atom. The first-order chi connectivity index (χ1) is 18.8. The maximum absolute atomic E-state index is 13.8. The zero-order chi connectivity index (χ0) is 27.6. The molecule has 2 aliphatic rings. The van der Waals surface area contributed by atoms with Crippen molar-refractivity contribution < 1.29 is 17.9 Å². The number of sulfonamides is 1. The van der Waals surface area contributed by atoms with Crippen LogP contribution in [0.25, 0.3) is 10.9 Å². The molecule has 0 bridgehead atoms. The lowest BCUT2D eigenvalue weighted by Gasteiger charge is -2.26. The van der Waals surface area contributed by atoms with E-state index >= 15 is 0 Å². The Labute approximate surface area is 251 Å². The number of carbonyl (C=O) groups is 1. The number of piperidine rings is 1. The summed E-state index contributed by atoms with van der Waals surface area (Å²) in [5.41, 5.74) is 1.90. The first kappa shape index (κ1) is 30.8. The number of pyridine rings is 1. The van der Waals surface area contributed by atoms with Crippen molar-refractivity contribution in [3.8, 4) is 5.75 Å². The molecule has 2 fully saturated rings. The number of nitrogens with one attached hydrogen (secondary N) is 2. The molecule has 5 rings (SSSR count). The number of amides is 1. The summed E-state index contributed by atoms with van der Waals surface area (Å²) in [6.45, 7) is 4.52. The third kappa shape index (κ3) is 6.50. The monoisotopic (exact) mass is 626 g/mol. The summed E-state index contributed by atoms with van der Waals surface area (Å²) in [6.07, 6.45) is 3.05. The van der Waals surface area contributed by atoms with Gasteiger partial charge < -0.3 is 15.4 Å². The van der Waals surface area contributed by atoms with E-state index in [1.54, 1.807) is 6.07 Å². The van der Waals surface area contributed by atoms with E-state index in [4.69, 9.17) is 27.9 Å². The Morgan fingerprint density at radius 1 is 1.12 bits per heavy atom. The predicted octanol–water partition coefficient (Wildman–Crippen LogP) is 5.12. The van der Waals surface area contributed by atoms with Crippen LogP contribution in [0.15, 0.2) is 47.4 Å². The normalized spacial score (nSPS) is 18.4. The number of para-hydroxylation sites is 1. The molecule has 2 N–H and O–H groups in total. The Bertz CT molecular complexity index is 1480. The van der Waals surface area contributed by atoms with Gasteiger partial charge in [-0.1, -0.05) is 41.4 Å².